The summed E-state index contributed by atoms with van der Waals surface area (Å²) in [4.78, 5) is 22.5. The van der Waals surface area contributed by atoms with Gasteiger partial charge in [0.15, 0.2) is 6.04 Å². The highest BCUT2D eigenvalue weighted by atomic mass is 16.5. The number of carboxylic acids is 1. The predicted octanol–water partition coefficient (Wildman–Crippen LogP) is 1.27. The molecule has 0 fully saturated rings. The van der Waals surface area contributed by atoms with Crippen LogP contribution in [0.15, 0.2) is 0 Å². The summed E-state index contributed by atoms with van der Waals surface area (Å²) in [6.07, 6.45) is 1.27. The van der Waals surface area contributed by atoms with Crippen molar-refractivity contribution < 1.29 is 19.4 Å². The molecule has 0 bridgehead atoms. The Bertz CT molecular complexity index is 253. The van der Waals surface area contributed by atoms with Gasteiger partial charge >= 0.3 is 5.97 Å². The minimum Gasteiger partial charge on any atom is -0.480 e. The number of ether oxygens (including phenoxy) is 1. The van der Waals surface area contributed by atoms with Gasteiger partial charge in [-0.3, -0.25) is 4.79 Å². The van der Waals surface area contributed by atoms with E-state index in [0.717, 1.165) is 6.42 Å². The van der Waals surface area contributed by atoms with Crippen molar-refractivity contribution in [1.82, 2.24) is 5.32 Å². The Morgan fingerprint density at radius 1 is 1.35 bits per heavy atom. The van der Waals surface area contributed by atoms with E-state index in [1.807, 2.05) is 6.92 Å². The highest BCUT2D eigenvalue weighted by molar-refractivity contribution is 5.83. The fraction of sp³-hybridized carbons (Fsp3) is 0.833. The Morgan fingerprint density at radius 2 is 1.94 bits per heavy atom. The molecule has 100 valence electrons. The van der Waals surface area contributed by atoms with Gasteiger partial charge in [-0.2, -0.15) is 0 Å². The summed E-state index contributed by atoms with van der Waals surface area (Å²) >= 11 is 0. The lowest BCUT2D eigenvalue weighted by molar-refractivity contribution is -0.143. The molecule has 2 atom stereocenters. The standard InChI is InChI=1S/C12H23NO4/c1-5-9(8(2)3)6-11(14)13-10(7-17-4)12(15)16/h8-10H,5-7H2,1-4H3,(H,13,14)(H,15,16). The second-order valence-electron chi connectivity index (χ2n) is 4.53. The van der Waals surface area contributed by atoms with E-state index in [2.05, 4.69) is 19.2 Å². The fourth-order valence-electron chi connectivity index (χ4n) is 1.68. The molecule has 0 radical (unpaired) electrons. The zero-order valence-corrected chi connectivity index (χ0v) is 11.0. The fourth-order valence-corrected chi connectivity index (χ4v) is 1.68. The molecule has 0 saturated carbocycles. The number of hydrogen-bond acceptors (Lipinski definition) is 3. The molecule has 0 aliphatic heterocycles. The lowest BCUT2D eigenvalue weighted by Gasteiger charge is -2.20. The van der Waals surface area contributed by atoms with E-state index in [0.29, 0.717) is 12.3 Å². The van der Waals surface area contributed by atoms with Gasteiger partial charge in [0, 0.05) is 13.5 Å². The normalized spacial score (nSPS) is 14.4. The van der Waals surface area contributed by atoms with Crippen LogP contribution in [0.5, 0.6) is 0 Å². The highest BCUT2D eigenvalue weighted by Crippen LogP contribution is 2.18. The largest absolute Gasteiger partial charge is 0.480 e. The molecule has 5 heteroatoms. The average molecular weight is 245 g/mol. The Kier molecular flexibility index (Phi) is 7.54. The van der Waals surface area contributed by atoms with E-state index in [1.54, 1.807) is 0 Å². The van der Waals surface area contributed by atoms with Crippen LogP contribution in [-0.4, -0.2) is 36.7 Å². The number of amides is 1. The summed E-state index contributed by atoms with van der Waals surface area (Å²) < 4.78 is 4.75. The summed E-state index contributed by atoms with van der Waals surface area (Å²) in [6, 6.07) is -0.961. The first-order chi connectivity index (χ1) is 7.92. The molecule has 5 nitrogen and oxygen atoms in total. The molecular weight excluding hydrogens is 222 g/mol. The summed E-state index contributed by atoms with van der Waals surface area (Å²) in [5.74, 6) is -0.601. The van der Waals surface area contributed by atoms with Gasteiger partial charge in [0.2, 0.25) is 5.91 Å². The van der Waals surface area contributed by atoms with Crippen LogP contribution in [0.2, 0.25) is 0 Å². The molecule has 2 N–H and O–H groups in total. The number of nitrogens with one attached hydrogen (secondary N) is 1. The Morgan fingerprint density at radius 3 is 2.29 bits per heavy atom. The number of carbonyl (C=O) groups is 2. The van der Waals surface area contributed by atoms with Crippen molar-refractivity contribution in [2.45, 2.75) is 39.7 Å². The van der Waals surface area contributed by atoms with E-state index in [1.165, 1.54) is 7.11 Å². The van der Waals surface area contributed by atoms with E-state index >= 15 is 0 Å². The van der Waals surface area contributed by atoms with Crippen LogP contribution in [0, 0.1) is 11.8 Å². The maximum absolute atomic E-state index is 11.7. The monoisotopic (exact) mass is 245 g/mol. The Balaban J connectivity index is 4.26. The van der Waals surface area contributed by atoms with Crippen LogP contribution in [0.4, 0.5) is 0 Å². The molecule has 17 heavy (non-hydrogen) atoms. The Hall–Kier alpha value is -1.10. The molecule has 0 rings (SSSR count). The van der Waals surface area contributed by atoms with Crippen molar-refractivity contribution in [3.63, 3.8) is 0 Å². The van der Waals surface area contributed by atoms with Crippen molar-refractivity contribution in [3.8, 4) is 0 Å². The van der Waals surface area contributed by atoms with Crippen molar-refractivity contribution in [2.75, 3.05) is 13.7 Å². The van der Waals surface area contributed by atoms with Gasteiger partial charge in [-0.1, -0.05) is 27.2 Å². The van der Waals surface area contributed by atoms with Crippen molar-refractivity contribution in [1.29, 1.82) is 0 Å². The molecular formula is C12H23NO4. The predicted molar refractivity (Wildman–Crippen MR) is 64.7 cm³/mol. The molecule has 0 heterocycles. The van der Waals surface area contributed by atoms with Gasteiger partial charge in [-0.25, -0.2) is 4.79 Å². The molecule has 1 amide bonds. The summed E-state index contributed by atoms with van der Waals surface area (Å²) in [6.45, 7) is 6.14. The zero-order valence-electron chi connectivity index (χ0n) is 11.0. The smallest absolute Gasteiger partial charge is 0.328 e. The number of aliphatic carboxylic acids is 1. The molecule has 0 aliphatic rings. The molecule has 0 aromatic rings. The van der Waals surface area contributed by atoms with Gasteiger partial charge < -0.3 is 15.2 Å². The van der Waals surface area contributed by atoms with Crippen LogP contribution in [0.1, 0.15) is 33.6 Å². The van der Waals surface area contributed by atoms with Crippen LogP contribution in [0.25, 0.3) is 0 Å². The molecule has 0 spiro atoms. The molecule has 0 aliphatic carbocycles. The first-order valence-electron chi connectivity index (χ1n) is 5.93. The molecule has 2 unspecified atom stereocenters. The third-order valence-electron chi connectivity index (χ3n) is 2.88. The van der Waals surface area contributed by atoms with E-state index < -0.39 is 12.0 Å². The lowest BCUT2D eigenvalue weighted by atomic mass is 9.90. The number of carbonyl (C=O) groups excluding carboxylic acids is 1. The Labute approximate surface area is 103 Å². The molecule has 0 aromatic heterocycles. The maximum Gasteiger partial charge on any atom is 0.328 e. The minimum absolute atomic E-state index is 0.0143. The quantitative estimate of drug-likeness (QED) is 0.675. The zero-order chi connectivity index (χ0) is 13.4. The second-order valence-corrected chi connectivity index (χ2v) is 4.53. The van der Waals surface area contributed by atoms with Gasteiger partial charge in [0.1, 0.15) is 0 Å². The number of methoxy groups -OCH3 is 1. The van der Waals surface area contributed by atoms with Gasteiger partial charge in [-0.15, -0.1) is 0 Å². The van der Waals surface area contributed by atoms with Crippen LogP contribution in [-0.2, 0) is 14.3 Å². The van der Waals surface area contributed by atoms with Crippen molar-refractivity contribution in [3.05, 3.63) is 0 Å². The molecule has 0 aromatic carbocycles. The van der Waals surface area contributed by atoms with Gasteiger partial charge in [0.05, 0.1) is 6.61 Å². The van der Waals surface area contributed by atoms with E-state index in [9.17, 15) is 9.59 Å². The number of rotatable bonds is 8. The number of hydrogen-bond donors (Lipinski definition) is 2. The van der Waals surface area contributed by atoms with Crippen LogP contribution >= 0.6 is 0 Å². The average Bonchev–Trinajstić information content (AvgIpc) is 2.24. The topological polar surface area (TPSA) is 75.6 Å². The first-order valence-corrected chi connectivity index (χ1v) is 5.93. The lowest BCUT2D eigenvalue weighted by Crippen LogP contribution is -2.44. The SMILES string of the molecule is CCC(CC(=O)NC(COC)C(=O)O)C(C)C. The maximum atomic E-state index is 11.7. The number of carboxylic acid groups (broad SMARTS) is 1. The van der Waals surface area contributed by atoms with Crippen LogP contribution in [0.3, 0.4) is 0 Å². The van der Waals surface area contributed by atoms with Gasteiger partial charge in [-0.05, 0) is 11.8 Å². The first kappa shape index (κ1) is 15.9. The summed E-state index contributed by atoms with van der Waals surface area (Å²) in [7, 11) is 1.41. The minimum atomic E-state index is -1.07. The third kappa shape index (κ3) is 6.26. The van der Waals surface area contributed by atoms with Crippen molar-refractivity contribution in [2.24, 2.45) is 11.8 Å². The molecule has 0 saturated heterocycles. The third-order valence-corrected chi connectivity index (χ3v) is 2.88. The summed E-state index contributed by atoms with van der Waals surface area (Å²) in [5, 5.41) is 11.3. The second kappa shape index (κ2) is 8.06. The van der Waals surface area contributed by atoms with Crippen molar-refractivity contribution >= 4 is 11.9 Å². The summed E-state index contributed by atoms with van der Waals surface area (Å²) in [5.41, 5.74) is 0. The highest BCUT2D eigenvalue weighted by Gasteiger charge is 2.22. The van der Waals surface area contributed by atoms with E-state index in [-0.39, 0.29) is 18.4 Å². The van der Waals surface area contributed by atoms with E-state index in [4.69, 9.17) is 9.84 Å². The van der Waals surface area contributed by atoms with Crippen LogP contribution < -0.4 is 5.32 Å². The van der Waals surface area contributed by atoms with Gasteiger partial charge in [0.25, 0.3) is 0 Å².